The van der Waals surface area contributed by atoms with E-state index in [1.807, 2.05) is 0 Å². The topological polar surface area (TPSA) is 75.7 Å². The normalized spacial score (nSPS) is 14.9. The molecule has 0 saturated heterocycles. The van der Waals surface area contributed by atoms with Crippen LogP contribution in [0.3, 0.4) is 0 Å². The number of aliphatic hydroxyl groups excluding tert-OH is 1. The molecule has 0 unspecified atom stereocenters. The Morgan fingerprint density at radius 1 is 1.43 bits per heavy atom. The first-order valence-electron chi connectivity index (χ1n) is 4.36. The Balaban J connectivity index is 3.10. The molecule has 0 aliphatic heterocycles. The smallest absolute Gasteiger partial charge is 0.123 e. The van der Waals surface area contributed by atoms with Crippen LogP contribution in [0.4, 0.5) is 0 Å². The molecule has 0 bridgehead atoms. The summed E-state index contributed by atoms with van der Waals surface area (Å²) in [5.41, 5.74) is 6.34. The van der Waals surface area contributed by atoms with Gasteiger partial charge in [-0.2, -0.15) is 0 Å². The molecule has 0 aliphatic carbocycles. The summed E-state index contributed by atoms with van der Waals surface area (Å²) in [6.45, 7) is 1.59. The van der Waals surface area contributed by atoms with E-state index in [4.69, 9.17) is 10.5 Å². The van der Waals surface area contributed by atoms with Crippen molar-refractivity contribution >= 4 is 0 Å². The molecule has 1 rings (SSSR count). The molecule has 78 valence electrons. The van der Waals surface area contributed by atoms with E-state index in [-0.39, 0.29) is 5.75 Å². The zero-order valence-electron chi connectivity index (χ0n) is 8.27. The van der Waals surface area contributed by atoms with Gasteiger partial charge in [-0.1, -0.05) is 0 Å². The fourth-order valence-corrected chi connectivity index (χ4v) is 1.24. The van der Waals surface area contributed by atoms with E-state index in [0.717, 1.165) is 0 Å². The number of methoxy groups -OCH3 is 1. The van der Waals surface area contributed by atoms with E-state index >= 15 is 0 Å². The number of rotatable bonds is 3. The van der Waals surface area contributed by atoms with Gasteiger partial charge in [-0.15, -0.1) is 0 Å². The van der Waals surface area contributed by atoms with Crippen LogP contribution in [-0.4, -0.2) is 23.4 Å². The van der Waals surface area contributed by atoms with Gasteiger partial charge in [-0.05, 0) is 25.1 Å². The molecule has 4 nitrogen and oxygen atoms in total. The van der Waals surface area contributed by atoms with Crippen molar-refractivity contribution in [2.45, 2.75) is 19.1 Å². The van der Waals surface area contributed by atoms with Gasteiger partial charge in [0.05, 0.1) is 19.3 Å². The fraction of sp³-hybridized carbons (Fsp3) is 0.400. The van der Waals surface area contributed by atoms with E-state index in [9.17, 15) is 10.2 Å². The molecule has 1 aromatic rings. The minimum atomic E-state index is -0.689. The fourth-order valence-electron chi connectivity index (χ4n) is 1.24. The van der Waals surface area contributed by atoms with Gasteiger partial charge in [0.2, 0.25) is 0 Å². The van der Waals surface area contributed by atoms with Crippen LogP contribution < -0.4 is 10.5 Å². The Morgan fingerprint density at radius 3 is 2.57 bits per heavy atom. The third-order valence-electron chi connectivity index (χ3n) is 2.09. The number of phenols is 1. The summed E-state index contributed by atoms with van der Waals surface area (Å²) in [6.07, 6.45) is -0.689. The van der Waals surface area contributed by atoms with Crippen molar-refractivity contribution < 1.29 is 14.9 Å². The lowest BCUT2D eigenvalue weighted by Crippen LogP contribution is -2.23. The lowest BCUT2D eigenvalue weighted by Gasteiger charge is -2.18. The molecule has 0 spiro atoms. The summed E-state index contributed by atoms with van der Waals surface area (Å²) in [5, 5.41) is 18.6. The highest BCUT2D eigenvalue weighted by Gasteiger charge is 2.17. The molecule has 0 fully saturated rings. The van der Waals surface area contributed by atoms with Crippen LogP contribution in [0.15, 0.2) is 18.2 Å². The first kappa shape index (κ1) is 10.8. The van der Waals surface area contributed by atoms with E-state index in [1.54, 1.807) is 13.0 Å². The second-order valence-corrected chi connectivity index (χ2v) is 3.19. The van der Waals surface area contributed by atoms with Crippen LogP contribution in [0.2, 0.25) is 0 Å². The van der Waals surface area contributed by atoms with Crippen molar-refractivity contribution in [3.8, 4) is 11.5 Å². The molecule has 0 radical (unpaired) electrons. The van der Waals surface area contributed by atoms with Crippen molar-refractivity contribution in [3.63, 3.8) is 0 Å². The zero-order chi connectivity index (χ0) is 10.7. The molecule has 0 aliphatic rings. The summed E-state index contributed by atoms with van der Waals surface area (Å²) in [6, 6.07) is 4.07. The number of benzene rings is 1. The molecular formula is C10H15NO3. The third-order valence-corrected chi connectivity index (χ3v) is 2.09. The quantitative estimate of drug-likeness (QED) is 0.669. The molecule has 14 heavy (non-hydrogen) atoms. The summed E-state index contributed by atoms with van der Waals surface area (Å²) in [7, 11) is 1.52. The minimum Gasteiger partial charge on any atom is -0.508 e. The monoisotopic (exact) mass is 197 g/mol. The number of aromatic hydroxyl groups is 1. The Kier molecular flexibility index (Phi) is 3.33. The standard InChI is InChI=1S/C10H15NO3/c1-6(12)10(11)8-5-7(13)3-4-9(8)14-2/h3-6,10,12-13H,11H2,1-2H3/t6-,10-/m0/s1. The SMILES string of the molecule is COc1ccc(O)cc1[C@@H](N)[C@H](C)O. The van der Waals surface area contributed by atoms with Crippen LogP contribution in [-0.2, 0) is 0 Å². The predicted octanol–water partition coefficient (Wildman–Crippen LogP) is 0.781. The van der Waals surface area contributed by atoms with Gasteiger partial charge in [-0.3, -0.25) is 0 Å². The average Bonchev–Trinajstić information content (AvgIpc) is 2.16. The maximum Gasteiger partial charge on any atom is 0.123 e. The van der Waals surface area contributed by atoms with Crippen LogP contribution in [0.1, 0.15) is 18.5 Å². The highest BCUT2D eigenvalue weighted by molar-refractivity contribution is 5.41. The third kappa shape index (κ3) is 2.16. The number of nitrogens with two attached hydrogens (primary N) is 1. The summed E-state index contributed by atoms with van der Waals surface area (Å²) >= 11 is 0. The first-order chi connectivity index (χ1) is 6.56. The lowest BCUT2D eigenvalue weighted by atomic mass is 10.0. The van der Waals surface area contributed by atoms with Gasteiger partial charge in [0.15, 0.2) is 0 Å². The maximum absolute atomic E-state index is 9.32. The molecule has 0 aromatic heterocycles. The van der Waals surface area contributed by atoms with Gasteiger partial charge in [-0.25, -0.2) is 0 Å². The molecule has 0 amide bonds. The van der Waals surface area contributed by atoms with Crippen molar-refractivity contribution in [3.05, 3.63) is 23.8 Å². The highest BCUT2D eigenvalue weighted by atomic mass is 16.5. The van der Waals surface area contributed by atoms with E-state index in [0.29, 0.717) is 11.3 Å². The van der Waals surface area contributed by atoms with Crippen molar-refractivity contribution in [2.24, 2.45) is 5.73 Å². The van der Waals surface area contributed by atoms with Gasteiger partial charge in [0.25, 0.3) is 0 Å². The van der Waals surface area contributed by atoms with Crippen LogP contribution >= 0.6 is 0 Å². The Bertz CT molecular complexity index is 312. The number of ether oxygens (including phenoxy) is 1. The van der Waals surface area contributed by atoms with Crippen LogP contribution in [0.25, 0.3) is 0 Å². The average molecular weight is 197 g/mol. The molecule has 2 atom stereocenters. The molecule has 4 heteroatoms. The number of hydrogen-bond donors (Lipinski definition) is 3. The number of hydrogen-bond acceptors (Lipinski definition) is 4. The predicted molar refractivity (Wildman–Crippen MR) is 53.3 cm³/mol. The highest BCUT2D eigenvalue weighted by Crippen LogP contribution is 2.29. The first-order valence-corrected chi connectivity index (χ1v) is 4.36. The minimum absolute atomic E-state index is 0.108. The Morgan fingerprint density at radius 2 is 2.07 bits per heavy atom. The van der Waals surface area contributed by atoms with Gasteiger partial charge in [0.1, 0.15) is 11.5 Å². The number of aliphatic hydroxyl groups is 1. The van der Waals surface area contributed by atoms with E-state index < -0.39 is 12.1 Å². The molecule has 4 N–H and O–H groups in total. The zero-order valence-corrected chi connectivity index (χ0v) is 8.27. The maximum atomic E-state index is 9.32. The van der Waals surface area contributed by atoms with E-state index in [1.165, 1.54) is 19.2 Å². The van der Waals surface area contributed by atoms with Crippen LogP contribution in [0, 0.1) is 0 Å². The van der Waals surface area contributed by atoms with Gasteiger partial charge in [0, 0.05) is 5.56 Å². The summed E-state index contributed by atoms with van der Waals surface area (Å²) in [4.78, 5) is 0. The van der Waals surface area contributed by atoms with Crippen molar-refractivity contribution in [1.29, 1.82) is 0 Å². The molecular weight excluding hydrogens is 182 g/mol. The number of phenolic OH excluding ortho intramolecular Hbond substituents is 1. The van der Waals surface area contributed by atoms with Gasteiger partial charge >= 0.3 is 0 Å². The molecule has 0 heterocycles. The molecule has 0 saturated carbocycles. The van der Waals surface area contributed by atoms with Gasteiger partial charge < -0.3 is 20.7 Å². The van der Waals surface area contributed by atoms with Crippen molar-refractivity contribution in [1.82, 2.24) is 0 Å². The Labute approximate surface area is 82.9 Å². The molecule has 1 aromatic carbocycles. The lowest BCUT2D eigenvalue weighted by molar-refractivity contribution is 0.162. The second-order valence-electron chi connectivity index (χ2n) is 3.19. The summed E-state index contributed by atoms with van der Waals surface area (Å²) < 4.78 is 5.07. The van der Waals surface area contributed by atoms with Crippen LogP contribution in [0.5, 0.6) is 11.5 Å². The largest absolute Gasteiger partial charge is 0.508 e. The Hall–Kier alpha value is -1.26. The second kappa shape index (κ2) is 4.30. The summed E-state index contributed by atoms with van der Waals surface area (Å²) in [5.74, 6) is 0.674. The van der Waals surface area contributed by atoms with E-state index in [2.05, 4.69) is 0 Å². The van der Waals surface area contributed by atoms with Crippen molar-refractivity contribution in [2.75, 3.05) is 7.11 Å².